The van der Waals surface area contributed by atoms with Crippen LogP contribution in [0.1, 0.15) is 32.7 Å². The average Bonchev–Trinajstić information content (AvgIpc) is 3.44. The van der Waals surface area contributed by atoms with Crippen molar-refractivity contribution in [1.82, 2.24) is 9.88 Å². The number of carbonyl (C=O) groups excluding carboxylic acids is 1. The maximum Gasteiger partial charge on any atom is 0.428 e. The number of methoxy groups -OCH3 is 1. The number of nitrogens with zero attached hydrogens (tertiary/aromatic N) is 1. The summed E-state index contributed by atoms with van der Waals surface area (Å²) in [7, 11) is 1.12. The third-order valence-electron chi connectivity index (χ3n) is 5.48. The molecule has 2 aromatic heterocycles. The van der Waals surface area contributed by atoms with Crippen LogP contribution in [0.15, 0.2) is 54.7 Å². The monoisotopic (exact) mass is 524 g/mol. The number of carbonyl (C=O) groups is 1. The van der Waals surface area contributed by atoms with Gasteiger partial charge >= 0.3 is 24.5 Å². The van der Waals surface area contributed by atoms with E-state index in [0.717, 1.165) is 7.11 Å². The van der Waals surface area contributed by atoms with Crippen LogP contribution in [-0.4, -0.2) is 23.7 Å². The summed E-state index contributed by atoms with van der Waals surface area (Å²) in [5.74, 6) is -0.747. The Hall–Kier alpha value is -3.68. The second-order valence-corrected chi connectivity index (χ2v) is 7.68. The molecule has 0 fully saturated rings. The lowest BCUT2D eigenvalue weighted by Gasteiger charge is -2.29. The molecule has 5 nitrogen and oxygen atoms in total. The molecule has 1 atom stereocenters. The maximum atomic E-state index is 14.3. The number of aromatic nitrogens is 1. The highest BCUT2D eigenvalue weighted by atomic mass is 19.4. The zero-order chi connectivity index (χ0) is 26.7. The van der Waals surface area contributed by atoms with Crippen LogP contribution in [-0.2, 0) is 27.5 Å². The minimum absolute atomic E-state index is 0.0307. The van der Waals surface area contributed by atoms with Crippen LogP contribution in [0.4, 0.5) is 39.5 Å². The van der Waals surface area contributed by atoms with Crippen molar-refractivity contribution >= 4 is 17.2 Å². The first kappa shape index (κ1) is 25.4. The normalized spacial score (nSPS) is 18.8. The summed E-state index contributed by atoms with van der Waals surface area (Å²) < 4.78 is 129. The number of nitrogens with one attached hydrogen (secondary N) is 1. The molecule has 1 unspecified atom stereocenters. The molecule has 0 saturated heterocycles. The lowest BCUT2D eigenvalue weighted by atomic mass is 9.89. The van der Waals surface area contributed by atoms with Crippen molar-refractivity contribution in [2.24, 2.45) is 0 Å². The summed E-state index contributed by atoms with van der Waals surface area (Å²) in [5.41, 5.74) is -7.22. The molecule has 1 aliphatic rings. The third kappa shape index (κ3) is 4.14. The molecule has 4 rings (SSSR count). The molecular weight excluding hydrogens is 511 g/mol. The standard InChI is InChI=1S/C22H13F9N2O3/c1-35-18(34)14-4-5-17(33-6-2-3-16(14)33)15-10-19(36-32-15,22(29,30)31)11-7-12(20(23,24)25)9-13(8-11)21(26,27)28/h2-10,32H,1H3. The number of alkyl halides is 9. The highest BCUT2D eigenvalue weighted by Crippen LogP contribution is 2.49. The predicted molar refractivity (Wildman–Crippen MR) is 105 cm³/mol. The Bertz CT molecular complexity index is 1340. The molecule has 0 radical (unpaired) electrons. The second kappa shape index (κ2) is 8.18. The fourth-order valence-electron chi connectivity index (χ4n) is 3.78. The van der Waals surface area contributed by atoms with Crippen molar-refractivity contribution in [2.45, 2.75) is 24.1 Å². The SMILES string of the molecule is COC(=O)c1ccc(C2=CC(c3cc(C(F)(F)F)cc(C(F)(F)F)c3)(C(F)(F)F)ON2)n2cccc12. The van der Waals surface area contributed by atoms with Crippen molar-refractivity contribution in [3.05, 3.63) is 82.7 Å². The summed E-state index contributed by atoms with van der Waals surface area (Å²) in [6.07, 6.45) is -14.5. The highest BCUT2D eigenvalue weighted by Gasteiger charge is 2.60. The number of esters is 1. The Morgan fingerprint density at radius 1 is 0.944 bits per heavy atom. The Kier molecular flexibility index (Phi) is 5.78. The lowest BCUT2D eigenvalue weighted by Crippen LogP contribution is -2.43. The molecule has 0 aliphatic carbocycles. The molecule has 14 heteroatoms. The molecule has 3 aromatic rings. The van der Waals surface area contributed by atoms with Crippen LogP contribution in [0.5, 0.6) is 0 Å². The van der Waals surface area contributed by atoms with Crippen LogP contribution in [0.2, 0.25) is 0 Å². The molecule has 3 heterocycles. The smallest absolute Gasteiger partial charge is 0.428 e. The molecule has 0 spiro atoms. The van der Waals surface area contributed by atoms with E-state index in [-0.39, 0.29) is 35.0 Å². The largest absolute Gasteiger partial charge is 0.465 e. The summed E-state index contributed by atoms with van der Waals surface area (Å²) in [6.45, 7) is 0. The third-order valence-corrected chi connectivity index (χ3v) is 5.48. The van der Waals surface area contributed by atoms with Crippen molar-refractivity contribution in [2.75, 3.05) is 7.11 Å². The lowest BCUT2D eigenvalue weighted by molar-refractivity contribution is -0.269. The van der Waals surface area contributed by atoms with Crippen molar-refractivity contribution < 1.29 is 53.9 Å². The van der Waals surface area contributed by atoms with Gasteiger partial charge in [0, 0.05) is 11.8 Å². The van der Waals surface area contributed by atoms with E-state index in [1.54, 1.807) is 0 Å². The van der Waals surface area contributed by atoms with Crippen LogP contribution in [0, 0.1) is 0 Å². The van der Waals surface area contributed by atoms with E-state index in [4.69, 9.17) is 4.84 Å². The zero-order valence-corrected chi connectivity index (χ0v) is 17.8. The number of pyridine rings is 1. The second-order valence-electron chi connectivity index (χ2n) is 7.68. The van der Waals surface area contributed by atoms with Crippen molar-refractivity contribution in [3.8, 4) is 0 Å². The van der Waals surface area contributed by atoms with E-state index in [1.807, 2.05) is 5.48 Å². The molecule has 0 amide bonds. The molecule has 1 aromatic carbocycles. The van der Waals surface area contributed by atoms with Gasteiger partial charge in [-0.1, -0.05) is 0 Å². The molecule has 36 heavy (non-hydrogen) atoms. The first-order valence-corrected chi connectivity index (χ1v) is 9.81. The topological polar surface area (TPSA) is 52.0 Å². The van der Waals surface area contributed by atoms with Crippen LogP contribution >= 0.6 is 0 Å². The Morgan fingerprint density at radius 2 is 1.56 bits per heavy atom. The Balaban J connectivity index is 1.94. The molecule has 192 valence electrons. The van der Waals surface area contributed by atoms with E-state index in [0.29, 0.717) is 6.08 Å². The van der Waals surface area contributed by atoms with E-state index in [2.05, 4.69) is 4.74 Å². The predicted octanol–water partition coefficient (Wildman–Crippen LogP) is 6.10. The number of hydroxylamine groups is 1. The van der Waals surface area contributed by atoms with Gasteiger partial charge in [0.25, 0.3) is 0 Å². The number of fused-ring (bicyclic) bond motifs is 1. The molecule has 0 saturated carbocycles. The van der Waals surface area contributed by atoms with Crippen molar-refractivity contribution in [1.29, 1.82) is 0 Å². The van der Waals surface area contributed by atoms with Gasteiger partial charge in [0.05, 0.1) is 40.7 Å². The van der Waals surface area contributed by atoms with Crippen molar-refractivity contribution in [3.63, 3.8) is 0 Å². The average molecular weight is 524 g/mol. The van der Waals surface area contributed by atoms with E-state index >= 15 is 0 Å². The van der Waals surface area contributed by atoms with Gasteiger partial charge in [-0.3, -0.25) is 10.3 Å². The van der Waals surface area contributed by atoms with Crippen LogP contribution < -0.4 is 5.48 Å². The van der Waals surface area contributed by atoms with Gasteiger partial charge in [0.1, 0.15) is 0 Å². The quantitative estimate of drug-likeness (QED) is 0.333. The number of rotatable bonds is 3. The summed E-state index contributed by atoms with van der Waals surface area (Å²) in [4.78, 5) is 16.7. The summed E-state index contributed by atoms with van der Waals surface area (Å²) >= 11 is 0. The van der Waals surface area contributed by atoms with Gasteiger partial charge in [-0.2, -0.15) is 39.5 Å². The maximum absolute atomic E-state index is 14.3. The highest BCUT2D eigenvalue weighted by molar-refractivity contribution is 5.97. The first-order chi connectivity index (χ1) is 16.6. The number of ether oxygens (including phenoxy) is 1. The first-order valence-electron chi connectivity index (χ1n) is 9.81. The minimum atomic E-state index is -5.49. The summed E-state index contributed by atoms with van der Waals surface area (Å²) in [5, 5.41) is 0. The zero-order valence-electron chi connectivity index (χ0n) is 17.8. The van der Waals surface area contributed by atoms with Crippen LogP contribution in [0.3, 0.4) is 0 Å². The van der Waals surface area contributed by atoms with E-state index < -0.39 is 52.5 Å². The van der Waals surface area contributed by atoms with Gasteiger partial charge in [-0.15, -0.1) is 0 Å². The molecule has 1 aliphatic heterocycles. The number of halogens is 9. The van der Waals surface area contributed by atoms with Gasteiger partial charge in [0.15, 0.2) is 0 Å². The number of hydrogen-bond acceptors (Lipinski definition) is 4. The minimum Gasteiger partial charge on any atom is -0.465 e. The van der Waals surface area contributed by atoms with E-state index in [1.165, 1.54) is 34.9 Å². The van der Waals surface area contributed by atoms with Gasteiger partial charge in [0.2, 0.25) is 5.60 Å². The molecular formula is C22H13F9N2O3. The van der Waals surface area contributed by atoms with Gasteiger partial charge < -0.3 is 9.14 Å². The van der Waals surface area contributed by atoms with Gasteiger partial charge in [-0.05, 0) is 48.5 Å². The Morgan fingerprint density at radius 3 is 2.08 bits per heavy atom. The fourth-order valence-corrected chi connectivity index (χ4v) is 3.78. The van der Waals surface area contributed by atoms with E-state index in [9.17, 15) is 44.3 Å². The fraction of sp³-hybridized carbons (Fsp3) is 0.227. The number of benzene rings is 1. The number of hydrogen-bond donors (Lipinski definition) is 1. The van der Waals surface area contributed by atoms with Crippen LogP contribution in [0.25, 0.3) is 11.2 Å². The molecule has 1 N–H and O–H groups in total. The Labute approximate surface area is 195 Å². The van der Waals surface area contributed by atoms with Gasteiger partial charge in [-0.25, -0.2) is 4.79 Å². The summed E-state index contributed by atoms with van der Waals surface area (Å²) in [6, 6.07) is 4.98. The molecule has 0 bridgehead atoms.